The van der Waals surface area contributed by atoms with Crippen LogP contribution < -0.4 is 0 Å². The molecule has 0 saturated heterocycles. The van der Waals surface area contributed by atoms with Gasteiger partial charge in [0, 0.05) is 28.4 Å². The number of hydrogen-bond acceptors (Lipinski definition) is 20. The molecule has 0 spiro atoms. The van der Waals surface area contributed by atoms with Gasteiger partial charge in [0.2, 0.25) is 0 Å². The van der Waals surface area contributed by atoms with E-state index in [2.05, 4.69) is 0 Å². The van der Waals surface area contributed by atoms with Crippen LogP contribution in [0.15, 0.2) is 0 Å². The van der Waals surface area contributed by atoms with Gasteiger partial charge in [0.05, 0.1) is 52.9 Å². The van der Waals surface area contributed by atoms with Crippen LogP contribution in [0.2, 0.25) is 0 Å². The number of esters is 6. The van der Waals surface area contributed by atoms with Gasteiger partial charge in [0.15, 0.2) is 0 Å². The Kier molecular flexibility index (Phi) is 22.2. The van der Waals surface area contributed by atoms with Crippen LogP contribution in [-0.4, -0.2) is 177 Å². The first-order valence-electron chi connectivity index (χ1n) is 17.5. The van der Waals surface area contributed by atoms with Crippen molar-refractivity contribution in [1.82, 2.24) is 0 Å². The fourth-order valence-electron chi connectivity index (χ4n) is 4.48. The van der Waals surface area contributed by atoms with Gasteiger partial charge in [0.1, 0.15) is 72.1 Å². The summed E-state index contributed by atoms with van der Waals surface area (Å²) in [6.07, 6.45) is 0. The van der Waals surface area contributed by atoms with Crippen molar-refractivity contribution in [1.29, 1.82) is 0 Å². The zero-order valence-corrected chi connectivity index (χ0v) is 34.2. The highest BCUT2D eigenvalue weighted by Gasteiger charge is 2.46. The molecule has 20 nitrogen and oxygen atoms in total. The van der Waals surface area contributed by atoms with E-state index in [1.807, 2.05) is 0 Å². The Hall–Kier alpha value is -3.50. The lowest BCUT2D eigenvalue weighted by atomic mass is 9.90. The molecule has 4 N–H and O–H groups in total. The van der Waals surface area contributed by atoms with Crippen molar-refractivity contribution in [2.24, 2.45) is 32.5 Å². The molecule has 326 valence electrons. The minimum atomic E-state index is -1.93. The Morgan fingerprint density at radius 3 is 0.696 bits per heavy atom. The van der Waals surface area contributed by atoms with Gasteiger partial charge in [-0.05, 0) is 41.5 Å². The molecule has 0 aromatic carbocycles. The van der Waals surface area contributed by atoms with Crippen LogP contribution in [0.1, 0.15) is 41.5 Å². The fourth-order valence-corrected chi connectivity index (χ4v) is 4.48. The van der Waals surface area contributed by atoms with Crippen molar-refractivity contribution in [3.8, 4) is 0 Å². The van der Waals surface area contributed by atoms with E-state index in [4.69, 9.17) is 47.4 Å². The fraction of sp³-hybridized carbons (Fsp3) is 0.833. The molecular weight excluding hydrogens is 752 g/mol. The van der Waals surface area contributed by atoms with E-state index in [1.165, 1.54) is 70.0 Å². The maximum Gasteiger partial charge on any atom is 0.318 e. The molecule has 0 aromatic heterocycles. The Balaban J connectivity index is 6.15. The molecule has 0 rings (SSSR count). The molecule has 0 radical (unpaired) electrons. The smallest absolute Gasteiger partial charge is 0.318 e. The molecule has 0 fully saturated rings. The third-order valence-corrected chi connectivity index (χ3v) is 8.84. The predicted octanol–water partition coefficient (Wildman–Crippen LogP) is -1.16. The third kappa shape index (κ3) is 14.8. The summed E-state index contributed by atoms with van der Waals surface area (Å²) in [5.41, 5.74) is -9.77. The Bertz CT molecular complexity index is 1190. The van der Waals surface area contributed by atoms with Gasteiger partial charge in [-0.3, -0.25) is 28.8 Å². The highest BCUT2D eigenvalue weighted by molar-refractivity contribution is 5.82. The maximum atomic E-state index is 13.5. The van der Waals surface area contributed by atoms with E-state index >= 15 is 0 Å². The molecule has 0 atom stereocenters. The monoisotopic (exact) mass is 814 g/mol. The summed E-state index contributed by atoms with van der Waals surface area (Å²) in [5.74, 6) is -5.90. The molecule has 0 aliphatic heterocycles. The Morgan fingerprint density at radius 1 is 0.321 bits per heavy atom. The van der Waals surface area contributed by atoms with E-state index in [-0.39, 0.29) is 26.4 Å². The van der Waals surface area contributed by atoms with Gasteiger partial charge in [-0.25, -0.2) is 0 Å². The Labute approximate surface area is 327 Å². The summed E-state index contributed by atoms with van der Waals surface area (Å²) < 4.78 is 52.6. The van der Waals surface area contributed by atoms with Crippen molar-refractivity contribution < 1.29 is 96.6 Å². The number of methoxy groups -OCH3 is 4. The minimum Gasteiger partial charge on any atom is -0.464 e. The quantitative estimate of drug-likeness (QED) is 0.0394. The van der Waals surface area contributed by atoms with E-state index in [0.29, 0.717) is 0 Å². The normalized spacial score (nSPS) is 12.8. The molecule has 0 aromatic rings. The molecule has 0 amide bonds. The second-order valence-electron chi connectivity index (χ2n) is 15.3. The summed E-state index contributed by atoms with van der Waals surface area (Å²) in [7, 11) is 5.51. The van der Waals surface area contributed by atoms with Gasteiger partial charge in [-0.2, -0.15) is 0 Å². The zero-order valence-electron chi connectivity index (χ0n) is 34.2. The SMILES string of the molecule is COCC(C)(COC)C(=O)OCC(C)(COC(=O)C(C)(COC)COC)C(=O)OCCOC(=O)C(C)(COC(=O)C(C)(CO)CO)COC(=O)C(C)(CO)CO. The molecule has 20 heteroatoms. The highest BCUT2D eigenvalue weighted by atomic mass is 16.6. The third-order valence-electron chi connectivity index (χ3n) is 8.84. The molecule has 0 bridgehead atoms. The summed E-state index contributed by atoms with van der Waals surface area (Å²) in [5, 5.41) is 38.2. The van der Waals surface area contributed by atoms with Gasteiger partial charge >= 0.3 is 35.8 Å². The second-order valence-corrected chi connectivity index (χ2v) is 15.3. The largest absolute Gasteiger partial charge is 0.464 e. The summed E-state index contributed by atoms with van der Waals surface area (Å²) >= 11 is 0. The second kappa shape index (κ2) is 23.7. The van der Waals surface area contributed by atoms with Crippen LogP contribution in [-0.2, 0) is 76.1 Å². The van der Waals surface area contributed by atoms with Crippen molar-refractivity contribution >= 4 is 35.8 Å². The number of aliphatic hydroxyl groups excluding tert-OH is 4. The van der Waals surface area contributed by atoms with Gasteiger partial charge in [-0.15, -0.1) is 0 Å². The standard InChI is InChI=1S/C36H62O20/c1-31(13-37,14-38)25(41)53-21-35(5,22-54-26(42)32(2,15-39)16-40)27(43)51-11-12-52-28(44)36(6,23-55-29(45)33(3,17-47-7)18-48-8)24-56-30(46)34(4,19-49-9)20-50-10/h37-40H,11-24H2,1-10H3. The molecule has 56 heavy (non-hydrogen) atoms. The van der Waals surface area contributed by atoms with Gasteiger partial charge in [-0.1, -0.05) is 0 Å². The molecular formula is C36H62O20. The van der Waals surface area contributed by atoms with E-state index in [0.717, 1.165) is 0 Å². The van der Waals surface area contributed by atoms with Crippen molar-refractivity contribution in [3.05, 3.63) is 0 Å². The number of carbonyl (C=O) groups is 6. The van der Waals surface area contributed by atoms with Gasteiger partial charge in [0.25, 0.3) is 0 Å². The van der Waals surface area contributed by atoms with Crippen molar-refractivity contribution in [3.63, 3.8) is 0 Å². The lowest BCUT2D eigenvalue weighted by molar-refractivity contribution is -0.185. The lowest BCUT2D eigenvalue weighted by Gasteiger charge is -2.32. The molecule has 0 heterocycles. The van der Waals surface area contributed by atoms with E-state index in [9.17, 15) is 49.2 Å². The van der Waals surface area contributed by atoms with Crippen LogP contribution in [0.4, 0.5) is 0 Å². The first-order valence-corrected chi connectivity index (χ1v) is 17.5. The number of ether oxygens (including phenoxy) is 10. The van der Waals surface area contributed by atoms with E-state index in [1.54, 1.807) is 0 Å². The topological polar surface area (TPSA) is 276 Å². The molecule has 0 unspecified atom stereocenters. The van der Waals surface area contributed by atoms with Crippen LogP contribution in [0.25, 0.3) is 0 Å². The first kappa shape index (κ1) is 52.5. The van der Waals surface area contributed by atoms with Crippen molar-refractivity contribution in [2.45, 2.75) is 41.5 Å². The van der Waals surface area contributed by atoms with Gasteiger partial charge < -0.3 is 67.8 Å². The lowest BCUT2D eigenvalue weighted by Crippen LogP contribution is -2.46. The predicted molar refractivity (Wildman–Crippen MR) is 190 cm³/mol. The minimum absolute atomic E-state index is 0.0880. The number of rotatable bonds is 29. The zero-order chi connectivity index (χ0) is 43.4. The highest BCUT2D eigenvalue weighted by Crippen LogP contribution is 2.28. The summed E-state index contributed by atoms with van der Waals surface area (Å²) in [4.78, 5) is 78.5. The van der Waals surface area contributed by atoms with E-state index < -0.39 is 134 Å². The van der Waals surface area contributed by atoms with Crippen LogP contribution in [0, 0.1) is 32.5 Å². The number of carbonyl (C=O) groups excluding carboxylic acids is 6. The van der Waals surface area contributed by atoms with Crippen LogP contribution in [0.3, 0.4) is 0 Å². The average molecular weight is 815 g/mol. The number of hydrogen-bond donors (Lipinski definition) is 4. The summed E-state index contributed by atoms with van der Waals surface area (Å²) in [6.45, 7) is 0.396. The van der Waals surface area contributed by atoms with Crippen LogP contribution >= 0.6 is 0 Å². The summed E-state index contributed by atoms with van der Waals surface area (Å²) in [6, 6.07) is 0. The molecule has 0 saturated carbocycles. The maximum absolute atomic E-state index is 13.5. The molecule has 0 aliphatic carbocycles. The molecule has 0 aliphatic rings. The van der Waals surface area contributed by atoms with Crippen LogP contribution in [0.5, 0.6) is 0 Å². The average Bonchev–Trinajstić information content (AvgIpc) is 3.17. The van der Waals surface area contributed by atoms with Crippen molar-refractivity contribution in [2.75, 3.05) is 121 Å². The Morgan fingerprint density at radius 2 is 0.500 bits per heavy atom. The number of aliphatic hydroxyl groups is 4. The first-order chi connectivity index (χ1) is 26.0.